The normalized spacial score (nSPS) is 16.8. The molecule has 1 atom stereocenters. The molecule has 1 aliphatic heterocycles. The van der Waals surface area contributed by atoms with Crippen LogP contribution >= 0.6 is 0 Å². The summed E-state index contributed by atoms with van der Waals surface area (Å²) in [5.41, 5.74) is 6.09. The third-order valence-electron chi connectivity index (χ3n) is 7.43. The SMILES string of the molecule is C=C/C=C(\C=C(\OC)[C@H](C)CC)c1[nH]c2ccc(C3CCN(C(=O)CN(C)C)CC3)cc2c1C(C)C. The minimum atomic E-state index is 0.230. The van der Waals surface area contributed by atoms with E-state index in [1.807, 2.05) is 30.0 Å². The van der Waals surface area contributed by atoms with Crippen LogP contribution in [0.15, 0.2) is 48.8 Å². The van der Waals surface area contributed by atoms with Gasteiger partial charge in [0.05, 0.1) is 25.1 Å². The van der Waals surface area contributed by atoms with Gasteiger partial charge < -0.3 is 19.5 Å². The average molecular weight is 492 g/mol. The number of likely N-dealkylation sites (N-methyl/N-ethyl adjacent to an activating group) is 1. The molecular formula is C31H45N3O2. The summed E-state index contributed by atoms with van der Waals surface area (Å²) in [5, 5.41) is 1.29. The van der Waals surface area contributed by atoms with Crippen molar-refractivity contribution >= 4 is 22.4 Å². The van der Waals surface area contributed by atoms with E-state index in [2.05, 4.69) is 69.6 Å². The van der Waals surface area contributed by atoms with Crippen molar-refractivity contribution in [2.24, 2.45) is 5.92 Å². The number of nitrogens with one attached hydrogen (secondary N) is 1. The molecule has 5 nitrogen and oxygen atoms in total. The van der Waals surface area contributed by atoms with Crippen LogP contribution in [0.25, 0.3) is 16.5 Å². The predicted octanol–water partition coefficient (Wildman–Crippen LogP) is 6.70. The molecule has 196 valence electrons. The Bertz CT molecular complexity index is 1110. The molecule has 1 N–H and O–H groups in total. The number of benzene rings is 1. The zero-order valence-corrected chi connectivity index (χ0v) is 23.4. The maximum absolute atomic E-state index is 12.5. The molecule has 1 saturated heterocycles. The van der Waals surface area contributed by atoms with Gasteiger partial charge in [-0.25, -0.2) is 0 Å². The first kappa shape index (κ1) is 27.8. The lowest BCUT2D eigenvalue weighted by molar-refractivity contribution is -0.132. The summed E-state index contributed by atoms with van der Waals surface area (Å²) >= 11 is 0. The van der Waals surface area contributed by atoms with E-state index in [0.717, 1.165) is 54.9 Å². The Balaban J connectivity index is 1.95. The van der Waals surface area contributed by atoms with Crippen molar-refractivity contribution in [2.45, 2.75) is 58.8 Å². The molecule has 0 unspecified atom stereocenters. The molecule has 0 bridgehead atoms. The Labute approximate surface area is 217 Å². The number of fused-ring (bicyclic) bond motifs is 1. The lowest BCUT2D eigenvalue weighted by Crippen LogP contribution is -2.42. The third-order valence-corrected chi connectivity index (χ3v) is 7.43. The van der Waals surface area contributed by atoms with Gasteiger partial charge in [0.15, 0.2) is 0 Å². The van der Waals surface area contributed by atoms with Crippen LogP contribution in [-0.4, -0.2) is 61.5 Å². The number of nitrogens with zero attached hydrogens (tertiary/aromatic N) is 2. The lowest BCUT2D eigenvalue weighted by atomic mass is 9.87. The number of piperidine rings is 1. The first-order valence-corrected chi connectivity index (χ1v) is 13.4. The van der Waals surface area contributed by atoms with Crippen LogP contribution in [-0.2, 0) is 9.53 Å². The number of carbonyl (C=O) groups excluding carboxylic acids is 1. The van der Waals surface area contributed by atoms with Crippen LogP contribution in [0, 0.1) is 5.92 Å². The van der Waals surface area contributed by atoms with Crippen molar-refractivity contribution in [3.63, 3.8) is 0 Å². The maximum Gasteiger partial charge on any atom is 0.236 e. The zero-order chi connectivity index (χ0) is 26.4. The molecular weight excluding hydrogens is 446 g/mol. The second-order valence-electron chi connectivity index (χ2n) is 10.7. The summed E-state index contributed by atoms with van der Waals surface area (Å²) in [6.45, 7) is 15.0. The molecule has 1 aromatic carbocycles. The minimum Gasteiger partial charge on any atom is -0.501 e. The van der Waals surface area contributed by atoms with Gasteiger partial charge in [0, 0.05) is 35.5 Å². The van der Waals surface area contributed by atoms with Crippen LogP contribution in [0.5, 0.6) is 0 Å². The summed E-state index contributed by atoms with van der Waals surface area (Å²) < 4.78 is 5.76. The summed E-state index contributed by atoms with van der Waals surface area (Å²) in [6, 6.07) is 6.87. The minimum absolute atomic E-state index is 0.230. The van der Waals surface area contributed by atoms with E-state index in [9.17, 15) is 4.79 Å². The number of methoxy groups -OCH3 is 1. The second kappa shape index (κ2) is 12.4. The lowest BCUT2D eigenvalue weighted by Gasteiger charge is -2.33. The highest BCUT2D eigenvalue weighted by molar-refractivity contribution is 5.92. The van der Waals surface area contributed by atoms with Crippen LogP contribution < -0.4 is 0 Å². The number of hydrogen-bond donors (Lipinski definition) is 1. The molecule has 3 rings (SSSR count). The summed E-state index contributed by atoms with van der Waals surface area (Å²) in [5.74, 6) is 2.39. The highest BCUT2D eigenvalue weighted by Gasteiger charge is 2.25. The fourth-order valence-corrected chi connectivity index (χ4v) is 5.23. The molecule has 1 aliphatic rings. The van der Waals surface area contributed by atoms with Crippen molar-refractivity contribution in [3.05, 3.63) is 65.6 Å². The van der Waals surface area contributed by atoms with E-state index in [0.29, 0.717) is 24.3 Å². The van der Waals surface area contributed by atoms with Crippen molar-refractivity contribution in [1.29, 1.82) is 0 Å². The number of likely N-dealkylation sites (tertiary alicyclic amines) is 1. The smallest absolute Gasteiger partial charge is 0.236 e. The quantitative estimate of drug-likeness (QED) is 0.297. The van der Waals surface area contributed by atoms with E-state index in [-0.39, 0.29) is 5.91 Å². The van der Waals surface area contributed by atoms with E-state index in [1.54, 1.807) is 7.11 Å². The van der Waals surface area contributed by atoms with Gasteiger partial charge in [-0.2, -0.15) is 0 Å². The molecule has 2 heterocycles. The highest BCUT2D eigenvalue weighted by Crippen LogP contribution is 2.37. The van der Waals surface area contributed by atoms with Gasteiger partial charge in [-0.1, -0.05) is 52.5 Å². The van der Waals surface area contributed by atoms with Crippen LogP contribution in [0.2, 0.25) is 0 Å². The number of rotatable bonds is 10. The van der Waals surface area contributed by atoms with Crippen LogP contribution in [0.1, 0.15) is 75.6 Å². The molecule has 0 aliphatic carbocycles. The summed E-state index contributed by atoms with van der Waals surface area (Å²) in [7, 11) is 5.65. The third kappa shape index (κ3) is 6.31. The van der Waals surface area contributed by atoms with Crippen LogP contribution in [0.3, 0.4) is 0 Å². The Morgan fingerprint density at radius 3 is 2.50 bits per heavy atom. The van der Waals surface area contributed by atoms with Gasteiger partial charge in [-0.05, 0) is 74.5 Å². The number of aromatic nitrogens is 1. The van der Waals surface area contributed by atoms with Gasteiger partial charge in [0.25, 0.3) is 0 Å². The summed E-state index contributed by atoms with van der Waals surface area (Å²) in [4.78, 5) is 20.2. The molecule has 36 heavy (non-hydrogen) atoms. The standard InChI is InChI=1S/C31H45N3O2/c1-9-11-25(19-28(36-8)22(5)10-2)31-30(21(3)4)26-18-24(12-13-27(26)32-31)23-14-16-34(17-15-23)29(35)20-33(6)7/h9,11-13,18-19,21-23,32H,1,10,14-17,20H2,2-8H3/b25-11+,28-19+/t22-/m1/s1. The number of carbonyl (C=O) groups is 1. The van der Waals surface area contributed by atoms with Crippen molar-refractivity contribution in [2.75, 3.05) is 40.8 Å². The molecule has 1 aromatic heterocycles. The first-order chi connectivity index (χ1) is 17.2. The number of hydrogen-bond acceptors (Lipinski definition) is 3. The van der Waals surface area contributed by atoms with Gasteiger partial charge in [-0.3, -0.25) is 4.79 Å². The van der Waals surface area contributed by atoms with E-state index >= 15 is 0 Å². The van der Waals surface area contributed by atoms with Crippen LogP contribution in [0.4, 0.5) is 0 Å². The Morgan fingerprint density at radius 1 is 1.25 bits per heavy atom. The fraction of sp³-hybridized carbons (Fsp3) is 0.516. The van der Waals surface area contributed by atoms with E-state index in [4.69, 9.17) is 4.74 Å². The van der Waals surface area contributed by atoms with E-state index < -0.39 is 0 Å². The second-order valence-corrected chi connectivity index (χ2v) is 10.7. The highest BCUT2D eigenvalue weighted by atomic mass is 16.5. The largest absolute Gasteiger partial charge is 0.501 e. The predicted molar refractivity (Wildman–Crippen MR) is 152 cm³/mol. The van der Waals surface area contributed by atoms with Gasteiger partial charge in [0.2, 0.25) is 5.91 Å². The number of aromatic amines is 1. The Kier molecular flexibility index (Phi) is 9.61. The molecule has 5 heteroatoms. The maximum atomic E-state index is 12.5. The number of allylic oxidation sites excluding steroid dienone is 5. The zero-order valence-electron chi connectivity index (χ0n) is 23.4. The van der Waals surface area contributed by atoms with Crippen molar-refractivity contribution in [3.8, 4) is 0 Å². The number of H-pyrrole nitrogens is 1. The summed E-state index contributed by atoms with van der Waals surface area (Å²) in [6.07, 6.45) is 9.12. The monoisotopic (exact) mass is 491 g/mol. The molecule has 1 fully saturated rings. The molecule has 0 spiro atoms. The number of ether oxygens (including phenoxy) is 1. The van der Waals surface area contributed by atoms with Gasteiger partial charge >= 0.3 is 0 Å². The Morgan fingerprint density at radius 2 is 1.94 bits per heavy atom. The van der Waals surface area contributed by atoms with Gasteiger partial charge in [-0.15, -0.1) is 0 Å². The van der Waals surface area contributed by atoms with Gasteiger partial charge in [0.1, 0.15) is 0 Å². The number of amides is 1. The average Bonchev–Trinajstić information content (AvgIpc) is 3.24. The topological polar surface area (TPSA) is 48.6 Å². The Hall–Kier alpha value is -2.79. The van der Waals surface area contributed by atoms with E-state index in [1.165, 1.54) is 16.5 Å². The molecule has 0 radical (unpaired) electrons. The first-order valence-electron chi connectivity index (χ1n) is 13.4. The molecule has 1 amide bonds. The molecule has 0 saturated carbocycles. The van der Waals surface area contributed by atoms with Crippen molar-refractivity contribution in [1.82, 2.24) is 14.8 Å². The van der Waals surface area contributed by atoms with Crippen molar-refractivity contribution < 1.29 is 9.53 Å². The fourth-order valence-electron chi connectivity index (χ4n) is 5.23. The molecule has 2 aromatic rings.